The zero-order valence-corrected chi connectivity index (χ0v) is 52.9. The van der Waals surface area contributed by atoms with Gasteiger partial charge in [0.15, 0.2) is 31.3 Å². The molecule has 448 valence electrons. The van der Waals surface area contributed by atoms with Crippen molar-refractivity contribution in [2.45, 2.75) is 166 Å². The highest BCUT2D eigenvalue weighted by Crippen LogP contribution is 2.41. The number of nitrogens with zero attached hydrogens (tertiary/aromatic N) is 5. The van der Waals surface area contributed by atoms with Crippen LogP contribution in [0, 0.1) is 13.8 Å². The van der Waals surface area contributed by atoms with E-state index in [0.717, 1.165) is 55.8 Å². The lowest BCUT2D eigenvalue weighted by atomic mass is 9.86. The molecule has 18 nitrogen and oxygen atoms in total. The molecule has 83 heavy (non-hydrogen) atoms. The second kappa shape index (κ2) is 27.5. The number of piperidine rings is 2. The summed E-state index contributed by atoms with van der Waals surface area (Å²) in [6, 6.07) is 21.7. The van der Waals surface area contributed by atoms with Crippen molar-refractivity contribution >= 4 is 95.3 Å². The van der Waals surface area contributed by atoms with Gasteiger partial charge in [-0.3, -0.25) is 0 Å². The van der Waals surface area contributed by atoms with Gasteiger partial charge in [0.25, 0.3) is 0 Å². The van der Waals surface area contributed by atoms with Crippen LogP contribution in [0.1, 0.15) is 136 Å². The molecule has 2 aromatic heterocycles. The third kappa shape index (κ3) is 16.7. The van der Waals surface area contributed by atoms with E-state index in [2.05, 4.69) is 78.6 Å². The van der Waals surface area contributed by atoms with Crippen LogP contribution in [0.5, 0.6) is 11.5 Å². The third-order valence-corrected chi connectivity index (χ3v) is 18.9. The molecule has 5 N–H and O–H groups in total. The van der Waals surface area contributed by atoms with E-state index in [1.807, 2.05) is 54.5 Å². The van der Waals surface area contributed by atoms with Crippen molar-refractivity contribution in [3.63, 3.8) is 0 Å². The molecule has 2 fully saturated rings. The van der Waals surface area contributed by atoms with E-state index in [9.17, 15) is 21.6 Å². The third-order valence-electron chi connectivity index (χ3n) is 13.9. The van der Waals surface area contributed by atoms with Gasteiger partial charge in [-0.15, -0.1) is 0 Å². The maximum atomic E-state index is 13.0. The van der Waals surface area contributed by atoms with E-state index >= 15 is 0 Å². The predicted octanol–water partition coefficient (Wildman–Crippen LogP) is 14.4. The Kier molecular flexibility index (Phi) is 21.2. The molecule has 0 aliphatic carbocycles. The van der Waals surface area contributed by atoms with Crippen LogP contribution in [0.15, 0.2) is 95.0 Å². The van der Waals surface area contributed by atoms with Crippen molar-refractivity contribution in [2.75, 3.05) is 47.4 Å². The number of carbonyl (C=O) groups is 1. The van der Waals surface area contributed by atoms with Crippen LogP contribution in [0.3, 0.4) is 0 Å². The Bertz CT molecular complexity index is 3470. The summed E-state index contributed by atoms with van der Waals surface area (Å²) < 4.78 is 69.7. The molecule has 0 bridgehead atoms. The highest BCUT2D eigenvalue weighted by atomic mass is 35.5. The van der Waals surface area contributed by atoms with Crippen molar-refractivity contribution < 1.29 is 35.8 Å². The number of amides is 1. The molecule has 0 radical (unpaired) electrons. The van der Waals surface area contributed by atoms with Crippen LogP contribution >= 0.6 is 23.2 Å². The number of ether oxygens (including phenoxy) is 3. The Morgan fingerprint density at radius 3 is 1.39 bits per heavy atom. The summed E-state index contributed by atoms with van der Waals surface area (Å²) in [4.78, 5) is 32.6. The van der Waals surface area contributed by atoms with Crippen LogP contribution in [0.2, 0.25) is 10.0 Å². The van der Waals surface area contributed by atoms with Crippen molar-refractivity contribution in [2.24, 2.45) is 0 Å². The van der Waals surface area contributed by atoms with Crippen molar-refractivity contribution in [1.82, 2.24) is 30.2 Å². The molecule has 6 aromatic rings. The van der Waals surface area contributed by atoms with Gasteiger partial charge in [0.05, 0.1) is 67.6 Å². The Balaban J connectivity index is 0.000000242. The topological polar surface area (TPSA) is 228 Å². The number of hydrogen-bond donors (Lipinski definition) is 5. The zero-order valence-electron chi connectivity index (χ0n) is 49.8. The number of rotatable bonds is 18. The molecular formula is C61H80Cl2N10O8S2. The van der Waals surface area contributed by atoms with Crippen LogP contribution in [-0.4, -0.2) is 102 Å². The Labute approximate surface area is 500 Å². The molecule has 8 rings (SSSR count). The first kappa shape index (κ1) is 64.1. The summed E-state index contributed by atoms with van der Waals surface area (Å²) >= 11 is 12.9. The molecule has 22 heteroatoms. The highest BCUT2D eigenvalue weighted by Gasteiger charge is 2.30. The largest absolute Gasteiger partial charge is 0.489 e. The predicted molar refractivity (Wildman–Crippen MR) is 333 cm³/mol. The molecule has 1 amide bonds. The number of aryl methyl sites for hydroxylation is 2. The first-order valence-electron chi connectivity index (χ1n) is 28.2. The van der Waals surface area contributed by atoms with E-state index in [4.69, 9.17) is 37.4 Å². The number of benzene rings is 4. The molecule has 4 aromatic carbocycles. The van der Waals surface area contributed by atoms with E-state index in [1.165, 1.54) is 29.1 Å². The fourth-order valence-electron chi connectivity index (χ4n) is 9.69. The molecule has 2 aliphatic rings. The van der Waals surface area contributed by atoms with Gasteiger partial charge >= 0.3 is 6.09 Å². The first-order chi connectivity index (χ1) is 39.1. The summed E-state index contributed by atoms with van der Waals surface area (Å²) in [5.74, 6) is 3.27. The first-order valence-corrected chi connectivity index (χ1v) is 32.1. The molecule has 0 saturated carbocycles. The van der Waals surface area contributed by atoms with Crippen molar-refractivity contribution in [3.8, 4) is 11.5 Å². The number of hydrogen-bond acceptors (Lipinski definition) is 17. The standard InChI is InChI=1S/C33H44ClN5O5S.C28H36ClN5O3S/c1-20(2)43-28-18-24(23-13-15-39(16-14-23)32(40)44-33(6,7)8)22(5)17-27(28)37-31-35-19-25(34)30(38-31)36-26-11-9-10-12-29(26)45(41,42)21(3)4;1-17(2)37-25-15-21(20-10-12-30-13-11-20)19(5)14-24(25)33-28-31-16-22(29)27(34-28)32-23-8-6-7-9-26(23)38(35,36)18(3)4/h9-12,17-21,23H,13-16H2,1-8H3,(H2,35,36,37,38);6-9,14-18,20,30H,10-13H2,1-5H3,(H2,31,32,33,34). The average molecular weight is 1220 g/mol. The monoisotopic (exact) mass is 1210 g/mol. The van der Waals surface area contributed by atoms with Gasteiger partial charge in [-0.1, -0.05) is 47.5 Å². The average Bonchev–Trinajstić information content (AvgIpc) is 3.60. The summed E-state index contributed by atoms with van der Waals surface area (Å²) in [5, 5.41) is 15.5. The van der Waals surface area contributed by atoms with E-state index in [-0.39, 0.29) is 55.8 Å². The Morgan fingerprint density at radius 2 is 1.00 bits per heavy atom. The maximum Gasteiger partial charge on any atom is 0.410 e. The molecule has 0 unspecified atom stereocenters. The van der Waals surface area contributed by atoms with Gasteiger partial charge in [0.2, 0.25) is 11.9 Å². The van der Waals surface area contributed by atoms with Gasteiger partial charge in [0.1, 0.15) is 27.1 Å². The number of sulfone groups is 2. The number of halogens is 2. The summed E-state index contributed by atoms with van der Waals surface area (Å²) in [6.45, 7) is 27.6. The molecule has 0 spiro atoms. The number of para-hydroxylation sites is 2. The lowest BCUT2D eigenvalue weighted by Crippen LogP contribution is -2.41. The second-order valence-electron chi connectivity index (χ2n) is 23.0. The number of carbonyl (C=O) groups excluding carboxylic acids is 1. The van der Waals surface area contributed by atoms with Crippen LogP contribution in [-0.2, 0) is 24.4 Å². The molecule has 0 atom stereocenters. The van der Waals surface area contributed by atoms with E-state index < -0.39 is 35.8 Å². The fraction of sp³-hybridized carbons (Fsp3) is 0.459. The minimum atomic E-state index is -3.56. The normalized spacial score (nSPS) is 14.6. The van der Waals surface area contributed by atoms with Crippen LogP contribution < -0.4 is 36.1 Å². The fourth-order valence-corrected chi connectivity index (χ4v) is 12.4. The maximum absolute atomic E-state index is 13.0. The minimum Gasteiger partial charge on any atom is -0.489 e. The van der Waals surface area contributed by atoms with Crippen LogP contribution in [0.25, 0.3) is 0 Å². The smallest absolute Gasteiger partial charge is 0.410 e. The van der Waals surface area contributed by atoms with Gasteiger partial charge < -0.3 is 45.7 Å². The zero-order chi connectivity index (χ0) is 60.6. The lowest BCUT2D eigenvalue weighted by molar-refractivity contribution is 0.0204. The van der Waals surface area contributed by atoms with Crippen LogP contribution in [0.4, 0.5) is 51.1 Å². The van der Waals surface area contributed by atoms with Gasteiger partial charge in [-0.05, 0) is 211 Å². The molecule has 2 saturated heterocycles. The van der Waals surface area contributed by atoms with Gasteiger partial charge in [-0.2, -0.15) is 9.97 Å². The number of nitrogens with one attached hydrogen (secondary N) is 5. The summed E-state index contributed by atoms with van der Waals surface area (Å²) in [7, 11) is -7.08. The number of likely N-dealkylation sites (tertiary alicyclic amines) is 1. The van der Waals surface area contributed by atoms with Crippen molar-refractivity contribution in [1.29, 1.82) is 0 Å². The molecule has 2 aliphatic heterocycles. The Morgan fingerprint density at radius 1 is 0.602 bits per heavy atom. The van der Waals surface area contributed by atoms with Gasteiger partial charge in [0, 0.05) is 13.1 Å². The van der Waals surface area contributed by atoms with Gasteiger partial charge in [-0.25, -0.2) is 31.6 Å². The molecule has 4 heterocycles. The molecular weight excluding hydrogens is 1140 g/mol. The lowest BCUT2D eigenvalue weighted by Gasteiger charge is -2.34. The highest BCUT2D eigenvalue weighted by molar-refractivity contribution is 7.92. The second-order valence-corrected chi connectivity index (χ2v) is 28.7. The number of aromatic nitrogens is 4. The van der Waals surface area contributed by atoms with E-state index in [0.29, 0.717) is 53.6 Å². The number of anilines is 8. The Hall–Kier alpha value is -6.45. The van der Waals surface area contributed by atoms with E-state index in [1.54, 1.807) is 81.1 Å². The van der Waals surface area contributed by atoms with Crippen molar-refractivity contribution in [3.05, 3.63) is 117 Å². The minimum absolute atomic E-state index is 0.0121. The summed E-state index contributed by atoms with van der Waals surface area (Å²) in [6.07, 6.45) is 6.40. The SMILES string of the molecule is Cc1cc(Nc2ncc(Cl)c(Nc3ccccc3S(=O)(=O)C(C)C)n2)c(OC(C)C)cc1C1CCN(C(=O)OC(C)(C)C)CC1.Cc1cc(Nc2ncc(Cl)c(Nc3ccccc3S(=O)(=O)C(C)C)n2)c(OC(C)C)cc1C1CCNCC1. The quantitative estimate of drug-likeness (QED) is 0.0539. The summed E-state index contributed by atoms with van der Waals surface area (Å²) in [5.41, 5.74) is 6.41.